The predicted molar refractivity (Wildman–Crippen MR) is 96.1 cm³/mol. The van der Waals surface area contributed by atoms with Crippen LogP contribution in [0, 0.1) is 5.92 Å². The zero-order valence-electron chi connectivity index (χ0n) is 13.3. The third-order valence-electron chi connectivity index (χ3n) is 3.22. The number of nitrogens with zero attached hydrogens (tertiary/aromatic N) is 1. The third kappa shape index (κ3) is 7.24. The zero-order valence-corrected chi connectivity index (χ0v) is 15.6. The van der Waals surface area contributed by atoms with Crippen molar-refractivity contribution in [2.45, 2.75) is 40.0 Å². The van der Waals surface area contributed by atoms with Gasteiger partial charge in [-0.25, -0.2) is 0 Å². The highest BCUT2D eigenvalue weighted by molar-refractivity contribution is 14.0. The van der Waals surface area contributed by atoms with Gasteiger partial charge in [-0.05, 0) is 18.9 Å². The molecule has 126 valence electrons. The number of alkyl halides is 2. The van der Waals surface area contributed by atoms with Crippen molar-refractivity contribution in [2.24, 2.45) is 10.9 Å². The molecule has 0 bridgehead atoms. The quantitative estimate of drug-likeness (QED) is 0.414. The summed E-state index contributed by atoms with van der Waals surface area (Å²) in [5, 5.41) is 6.35. The number of rotatable bonds is 6. The van der Waals surface area contributed by atoms with E-state index in [0.29, 0.717) is 24.0 Å². The molecule has 0 aromatic heterocycles. The Morgan fingerprint density at radius 2 is 1.86 bits per heavy atom. The molecule has 1 atom stereocenters. The maximum atomic E-state index is 12.3. The lowest BCUT2D eigenvalue weighted by Gasteiger charge is -2.21. The second-order valence-corrected chi connectivity index (χ2v) is 5.09. The molecule has 0 heterocycles. The van der Waals surface area contributed by atoms with E-state index in [0.717, 1.165) is 0 Å². The van der Waals surface area contributed by atoms with Gasteiger partial charge in [-0.15, -0.1) is 24.0 Å². The van der Waals surface area contributed by atoms with Crippen LogP contribution >= 0.6 is 24.0 Å². The van der Waals surface area contributed by atoms with Gasteiger partial charge in [0.05, 0.1) is 0 Å². The molecule has 0 saturated carbocycles. The van der Waals surface area contributed by atoms with Crippen molar-refractivity contribution in [3.8, 4) is 5.75 Å². The molecule has 1 unspecified atom stereocenters. The Morgan fingerprint density at radius 1 is 1.23 bits per heavy atom. The Labute approximate surface area is 147 Å². The predicted octanol–water partition coefficient (Wildman–Crippen LogP) is 3.62. The summed E-state index contributed by atoms with van der Waals surface area (Å²) in [6.07, 6.45) is 0. The molecular formula is C15H24F2IN3O. The first-order valence-electron chi connectivity index (χ1n) is 6.94. The van der Waals surface area contributed by atoms with Crippen LogP contribution in [0.25, 0.3) is 0 Å². The number of hydrogen-bond donors (Lipinski definition) is 2. The van der Waals surface area contributed by atoms with Crippen LogP contribution < -0.4 is 15.4 Å². The second kappa shape index (κ2) is 10.6. The minimum atomic E-state index is -2.83. The van der Waals surface area contributed by atoms with Crippen LogP contribution in [0.5, 0.6) is 5.75 Å². The Kier molecular flexibility index (Phi) is 10.0. The van der Waals surface area contributed by atoms with Gasteiger partial charge in [0.2, 0.25) is 0 Å². The lowest BCUT2D eigenvalue weighted by atomic mass is 10.1. The van der Waals surface area contributed by atoms with Gasteiger partial charge in [-0.2, -0.15) is 8.78 Å². The average molecular weight is 427 g/mol. The number of ether oxygens (including phenoxy) is 1. The summed E-state index contributed by atoms with van der Waals surface area (Å²) in [6.45, 7) is 3.80. The molecule has 0 aliphatic rings. The summed E-state index contributed by atoms with van der Waals surface area (Å²) in [4.78, 5) is 4.12. The fraction of sp³-hybridized carbons (Fsp3) is 0.533. The molecule has 1 aromatic carbocycles. The molecule has 0 saturated heterocycles. The molecule has 0 aliphatic heterocycles. The van der Waals surface area contributed by atoms with E-state index in [2.05, 4.69) is 41.1 Å². The Balaban J connectivity index is 0.00000441. The molecule has 0 spiro atoms. The highest BCUT2D eigenvalue weighted by atomic mass is 127. The maximum absolute atomic E-state index is 12.3. The molecule has 0 fully saturated rings. The smallest absolute Gasteiger partial charge is 0.387 e. The lowest BCUT2D eigenvalue weighted by molar-refractivity contribution is -0.0504. The van der Waals surface area contributed by atoms with Gasteiger partial charge in [-0.3, -0.25) is 4.99 Å². The van der Waals surface area contributed by atoms with Gasteiger partial charge in [0, 0.05) is 25.2 Å². The summed E-state index contributed by atoms with van der Waals surface area (Å²) in [5.74, 6) is 1.26. The van der Waals surface area contributed by atoms with Crippen LogP contribution in [0.2, 0.25) is 0 Å². The molecule has 7 heteroatoms. The molecule has 4 nitrogen and oxygen atoms in total. The third-order valence-corrected chi connectivity index (χ3v) is 3.22. The van der Waals surface area contributed by atoms with Gasteiger partial charge in [-0.1, -0.05) is 32.0 Å². The van der Waals surface area contributed by atoms with Crippen molar-refractivity contribution in [1.82, 2.24) is 10.6 Å². The average Bonchev–Trinajstić information content (AvgIpc) is 2.43. The SMILES string of the molecule is CN=C(NCc1ccccc1OC(F)F)NC(C)C(C)C.I. The summed E-state index contributed by atoms with van der Waals surface area (Å²) in [7, 11) is 1.67. The van der Waals surface area contributed by atoms with Crippen LogP contribution in [0.1, 0.15) is 26.3 Å². The zero-order chi connectivity index (χ0) is 15.8. The molecular weight excluding hydrogens is 403 g/mol. The van der Waals surface area contributed by atoms with Crippen molar-refractivity contribution >= 4 is 29.9 Å². The monoisotopic (exact) mass is 427 g/mol. The first-order chi connectivity index (χ1) is 9.93. The van der Waals surface area contributed by atoms with Crippen LogP contribution in [0.15, 0.2) is 29.3 Å². The number of benzene rings is 1. The molecule has 0 aliphatic carbocycles. The van der Waals surface area contributed by atoms with E-state index < -0.39 is 6.61 Å². The highest BCUT2D eigenvalue weighted by Gasteiger charge is 2.11. The van der Waals surface area contributed by atoms with Crippen molar-refractivity contribution in [3.63, 3.8) is 0 Å². The van der Waals surface area contributed by atoms with Crippen molar-refractivity contribution in [1.29, 1.82) is 0 Å². The van der Waals surface area contributed by atoms with E-state index in [1.807, 2.05) is 0 Å². The Bertz CT molecular complexity index is 470. The molecule has 0 radical (unpaired) electrons. The first-order valence-corrected chi connectivity index (χ1v) is 6.94. The maximum Gasteiger partial charge on any atom is 0.387 e. The molecule has 1 aromatic rings. The molecule has 2 N–H and O–H groups in total. The largest absolute Gasteiger partial charge is 0.434 e. The summed E-state index contributed by atoms with van der Waals surface area (Å²) in [6, 6.07) is 6.96. The Morgan fingerprint density at radius 3 is 2.41 bits per heavy atom. The van der Waals surface area contributed by atoms with E-state index in [-0.39, 0.29) is 35.8 Å². The minimum Gasteiger partial charge on any atom is -0.434 e. The fourth-order valence-electron chi connectivity index (χ4n) is 1.62. The van der Waals surface area contributed by atoms with E-state index in [9.17, 15) is 8.78 Å². The highest BCUT2D eigenvalue weighted by Crippen LogP contribution is 2.19. The van der Waals surface area contributed by atoms with Crippen LogP contribution in [0.3, 0.4) is 0 Å². The topological polar surface area (TPSA) is 45.7 Å². The first kappa shape index (κ1) is 20.9. The van der Waals surface area contributed by atoms with E-state index in [1.54, 1.807) is 25.2 Å². The van der Waals surface area contributed by atoms with Gasteiger partial charge in [0.1, 0.15) is 5.75 Å². The summed E-state index contributed by atoms with van der Waals surface area (Å²) >= 11 is 0. The second-order valence-electron chi connectivity index (χ2n) is 5.09. The number of para-hydroxylation sites is 1. The minimum absolute atomic E-state index is 0. The number of nitrogens with one attached hydrogen (secondary N) is 2. The van der Waals surface area contributed by atoms with E-state index in [1.165, 1.54) is 6.07 Å². The van der Waals surface area contributed by atoms with Gasteiger partial charge >= 0.3 is 6.61 Å². The normalized spacial score (nSPS) is 12.8. The van der Waals surface area contributed by atoms with Crippen LogP contribution in [0.4, 0.5) is 8.78 Å². The van der Waals surface area contributed by atoms with Gasteiger partial charge < -0.3 is 15.4 Å². The molecule has 22 heavy (non-hydrogen) atoms. The standard InChI is InChI=1S/C15H23F2N3O.HI/c1-10(2)11(3)20-15(18-4)19-9-12-7-5-6-8-13(12)21-14(16)17;/h5-8,10-11,14H,9H2,1-4H3,(H2,18,19,20);1H. The number of guanidine groups is 1. The van der Waals surface area contributed by atoms with Crippen molar-refractivity contribution in [2.75, 3.05) is 7.05 Å². The fourth-order valence-corrected chi connectivity index (χ4v) is 1.62. The molecule has 1 rings (SSSR count). The lowest BCUT2D eigenvalue weighted by Crippen LogP contribution is -2.43. The number of halogens is 3. The van der Waals surface area contributed by atoms with Gasteiger partial charge in [0.25, 0.3) is 0 Å². The van der Waals surface area contributed by atoms with E-state index in [4.69, 9.17) is 0 Å². The number of aliphatic imine (C=N–C) groups is 1. The van der Waals surface area contributed by atoms with Crippen LogP contribution in [-0.4, -0.2) is 25.7 Å². The van der Waals surface area contributed by atoms with E-state index >= 15 is 0 Å². The van der Waals surface area contributed by atoms with Gasteiger partial charge in [0.15, 0.2) is 5.96 Å². The molecule has 0 amide bonds. The Hall–Kier alpha value is -1.12. The summed E-state index contributed by atoms with van der Waals surface area (Å²) < 4.78 is 29.2. The summed E-state index contributed by atoms with van der Waals surface area (Å²) in [5.41, 5.74) is 0.651. The van der Waals surface area contributed by atoms with Crippen molar-refractivity contribution in [3.05, 3.63) is 29.8 Å². The number of hydrogen-bond acceptors (Lipinski definition) is 2. The van der Waals surface area contributed by atoms with Crippen molar-refractivity contribution < 1.29 is 13.5 Å². The van der Waals surface area contributed by atoms with Crippen LogP contribution in [-0.2, 0) is 6.54 Å².